The average Bonchev–Trinajstić information content (AvgIpc) is 3.26. The van der Waals surface area contributed by atoms with E-state index in [1.165, 1.54) is 212 Å². The molecule has 6 heteroatoms. The Morgan fingerprint density at radius 2 is 0.443 bits per heavy atom. The van der Waals surface area contributed by atoms with E-state index in [0.717, 1.165) is 64.2 Å². The van der Waals surface area contributed by atoms with Gasteiger partial charge in [0.15, 0.2) is 6.10 Å². The van der Waals surface area contributed by atoms with Crippen LogP contribution in [-0.2, 0) is 28.6 Å². The first kappa shape index (κ1) is 59.4. The highest BCUT2D eigenvalue weighted by atomic mass is 16.6. The summed E-state index contributed by atoms with van der Waals surface area (Å²) >= 11 is 0. The number of carbonyl (C=O) groups is 3. The minimum absolute atomic E-state index is 0.0650. The van der Waals surface area contributed by atoms with Crippen LogP contribution in [0.15, 0.2) is 0 Å². The van der Waals surface area contributed by atoms with Crippen LogP contribution < -0.4 is 0 Å². The Morgan fingerprint density at radius 1 is 0.262 bits per heavy atom. The molecule has 0 aromatic rings. The Bertz CT molecular complexity index is 905. The van der Waals surface area contributed by atoms with Crippen molar-refractivity contribution in [3.05, 3.63) is 0 Å². The predicted octanol–water partition coefficient (Wildman–Crippen LogP) is 18.0. The second-order valence-corrected chi connectivity index (χ2v) is 18.9. The molecular formula is C55H106O6. The minimum atomic E-state index is -0.756. The van der Waals surface area contributed by atoms with Crippen molar-refractivity contribution >= 4 is 17.9 Å². The molecule has 0 aromatic carbocycles. The normalized spacial score (nSPS) is 11.9. The van der Waals surface area contributed by atoms with Crippen LogP contribution in [0.25, 0.3) is 0 Å². The van der Waals surface area contributed by atoms with Crippen molar-refractivity contribution in [1.82, 2.24) is 0 Å². The summed E-state index contributed by atoms with van der Waals surface area (Å²) in [5.41, 5.74) is 0. The first-order valence-electron chi connectivity index (χ1n) is 27.5. The van der Waals surface area contributed by atoms with Gasteiger partial charge in [0.25, 0.3) is 0 Å². The lowest BCUT2D eigenvalue weighted by Gasteiger charge is -2.18. The maximum absolute atomic E-state index is 12.5. The third-order valence-corrected chi connectivity index (χ3v) is 12.6. The van der Waals surface area contributed by atoms with Crippen LogP contribution in [0.1, 0.15) is 316 Å². The van der Waals surface area contributed by atoms with E-state index in [-0.39, 0.29) is 31.1 Å². The van der Waals surface area contributed by atoms with Crippen molar-refractivity contribution in [3.8, 4) is 0 Å². The largest absolute Gasteiger partial charge is 0.462 e. The van der Waals surface area contributed by atoms with Crippen LogP contribution in [0, 0.1) is 0 Å². The molecule has 0 aromatic heterocycles. The number of hydrogen-bond donors (Lipinski definition) is 0. The van der Waals surface area contributed by atoms with Gasteiger partial charge < -0.3 is 14.2 Å². The Hall–Kier alpha value is -1.59. The lowest BCUT2D eigenvalue weighted by atomic mass is 10.0. The number of hydrogen-bond acceptors (Lipinski definition) is 6. The van der Waals surface area contributed by atoms with E-state index < -0.39 is 6.10 Å². The molecule has 0 saturated heterocycles. The summed E-state index contributed by atoms with van der Waals surface area (Å²) < 4.78 is 16.5. The van der Waals surface area contributed by atoms with Gasteiger partial charge >= 0.3 is 17.9 Å². The third-order valence-electron chi connectivity index (χ3n) is 12.6. The van der Waals surface area contributed by atoms with Crippen molar-refractivity contribution in [2.24, 2.45) is 0 Å². The molecule has 0 fully saturated rings. The highest BCUT2D eigenvalue weighted by Crippen LogP contribution is 2.18. The molecule has 61 heavy (non-hydrogen) atoms. The van der Waals surface area contributed by atoms with Crippen LogP contribution in [0.2, 0.25) is 0 Å². The van der Waals surface area contributed by atoms with Crippen LogP contribution in [0.5, 0.6) is 0 Å². The number of esters is 3. The van der Waals surface area contributed by atoms with Gasteiger partial charge in [-0.05, 0) is 19.3 Å². The summed E-state index contributed by atoms with van der Waals surface area (Å²) in [6.45, 7) is 6.53. The molecule has 0 radical (unpaired) electrons. The fourth-order valence-electron chi connectivity index (χ4n) is 8.45. The van der Waals surface area contributed by atoms with Gasteiger partial charge in [-0.1, -0.05) is 278 Å². The van der Waals surface area contributed by atoms with Gasteiger partial charge in [0, 0.05) is 19.3 Å². The van der Waals surface area contributed by atoms with E-state index in [1.54, 1.807) is 0 Å². The van der Waals surface area contributed by atoms with Gasteiger partial charge in [-0.15, -0.1) is 0 Å². The summed E-state index contributed by atoms with van der Waals surface area (Å²) in [5, 5.41) is 0. The molecule has 0 aliphatic rings. The molecule has 0 aliphatic carbocycles. The van der Waals surface area contributed by atoms with Crippen LogP contribution in [0.3, 0.4) is 0 Å². The van der Waals surface area contributed by atoms with Gasteiger partial charge in [-0.2, -0.15) is 0 Å². The standard InChI is InChI=1S/C55H106O6/c1-4-7-10-13-15-16-17-18-19-20-21-22-23-24-25-26-27-28-29-30-31-32-33-34-35-36-37-38-39-40-43-45-48-54(57)60-51-52(50-59-53(56)47-44-41-12-9-6-3)61-55(58)49-46-42-14-11-8-5-2/h52H,4-51H2,1-3H3. The molecular weight excluding hydrogens is 757 g/mol. The number of carbonyl (C=O) groups excluding carboxylic acids is 3. The zero-order valence-corrected chi connectivity index (χ0v) is 41.5. The Morgan fingerprint density at radius 3 is 0.656 bits per heavy atom. The Kier molecular flexibility index (Phi) is 49.7. The maximum Gasteiger partial charge on any atom is 0.306 e. The van der Waals surface area contributed by atoms with Gasteiger partial charge in [0.2, 0.25) is 0 Å². The second kappa shape index (κ2) is 51.0. The zero-order valence-electron chi connectivity index (χ0n) is 41.5. The Labute approximate surface area is 380 Å². The smallest absolute Gasteiger partial charge is 0.306 e. The molecule has 0 saturated carbocycles. The number of unbranched alkanes of at least 4 members (excludes halogenated alkanes) is 40. The highest BCUT2D eigenvalue weighted by Gasteiger charge is 2.19. The molecule has 1 unspecified atom stereocenters. The van der Waals surface area contributed by atoms with E-state index in [1.807, 2.05) is 0 Å². The molecule has 1 atom stereocenters. The topological polar surface area (TPSA) is 78.9 Å². The van der Waals surface area contributed by atoms with Crippen molar-refractivity contribution in [2.45, 2.75) is 322 Å². The molecule has 0 aliphatic heterocycles. The summed E-state index contributed by atoms with van der Waals surface area (Å²) in [6.07, 6.45) is 56.3. The summed E-state index contributed by atoms with van der Waals surface area (Å²) in [4.78, 5) is 37.3. The SMILES string of the molecule is CCCCCCCCCCCCCCCCCCCCCCCCCCCCCCCCCCC(=O)OCC(COC(=O)CCCCCCC)OC(=O)CCCCCCCC. The fraction of sp³-hybridized carbons (Fsp3) is 0.945. The minimum Gasteiger partial charge on any atom is -0.462 e. The lowest BCUT2D eigenvalue weighted by Crippen LogP contribution is -2.30. The van der Waals surface area contributed by atoms with Crippen LogP contribution in [0.4, 0.5) is 0 Å². The molecule has 0 amide bonds. The second-order valence-electron chi connectivity index (χ2n) is 18.9. The Balaban J connectivity index is 3.69. The number of rotatable bonds is 51. The third kappa shape index (κ3) is 49.3. The quantitative estimate of drug-likeness (QED) is 0.0344. The first-order valence-corrected chi connectivity index (χ1v) is 27.5. The number of ether oxygens (including phenoxy) is 3. The van der Waals surface area contributed by atoms with Gasteiger partial charge in [-0.3, -0.25) is 14.4 Å². The van der Waals surface area contributed by atoms with Gasteiger partial charge in [-0.25, -0.2) is 0 Å². The maximum atomic E-state index is 12.5. The molecule has 0 heterocycles. The van der Waals surface area contributed by atoms with Crippen molar-refractivity contribution in [2.75, 3.05) is 13.2 Å². The van der Waals surface area contributed by atoms with Crippen molar-refractivity contribution in [1.29, 1.82) is 0 Å². The summed E-state index contributed by atoms with van der Waals surface area (Å²) in [5.74, 6) is -0.875. The van der Waals surface area contributed by atoms with Crippen LogP contribution in [-0.4, -0.2) is 37.2 Å². The van der Waals surface area contributed by atoms with Crippen molar-refractivity contribution < 1.29 is 28.6 Å². The molecule has 362 valence electrons. The van der Waals surface area contributed by atoms with E-state index in [9.17, 15) is 14.4 Å². The molecule has 0 spiro atoms. The first-order chi connectivity index (χ1) is 30.0. The highest BCUT2D eigenvalue weighted by molar-refractivity contribution is 5.71. The molecule has 0 rings (SSSR count). The van der Waals surface area contributed by atoms with E-state index in [2.05, 4.69) is 20.8 Å². The molecule has 6 nitrogen and oxygen atoms in total. The molecule has 0 N–H and O–H groups in total. The van der Waals surface area contributed by atoms with Crippen LogP contribution >= 0.6 is 0 Å². The van der Waals surface area contributed by atoms with Crippen molar-refractivity contribution in [3.63, 3.8) is 0 Å². The monoisotopic (exact) mass is 863 g/mol. The van der Waals surface area contributed by atoms with E-state index >= 15 is 0 Å². The predicted molar refractivity (Wildman–Crippen MR) is 261 cm³/mol. The zero-order chi connectivity index (χ0) is 44.4. The molecule has 0 bridgehead atoms. The fourth-order valence-corrected chi connectivity index (χ4v) is 8.45. The average molecular weight is 863 g/mol. The van der Waals surface area contributed by atoms with E-state index in [0.29, 0.717) is 19.3 Å². The van der Waals surface area contributed by atoms with E-state index in [4.69, 9.17) is 14.2 Å². The summed E-state index contributed by atoms with van der Waals surface area (Å²) in [7, 11) is 0. The van der Waals surface area contributed by atoms with Gasteiger partial charge in [0.05, 0.1) is 0 Å². The van der Waals surface area contributed by atoms with Gasteiger partial charge in [0.1, 0.15) is 13.2 Å². The summed E-state index contributed by atoms with van der Waals surface area (Å²) in [6, 6.07) is 0. The lowest BCUT2D eigenvalue weighted by molar-refractivity contribution is -0.167.